The van der Waals surface area contributed by atoms with Crippen LogP contribution in [0.1, 0.15) is 39.9 Å². The van der Waals surface area contributed by atoms with Crippen LogP contribution in [0.3, 0.4) is 0 Å². The van der Waals surface area contributed by atoms with E-state index in [0.29, 0.717) is 0 Å². The third kappa shape index (κ3) is 3.94. The lowest BCUT2D eigenvalue weighted by Gasteiger charge is -2.14. The molecule has 0 spiro atoms. The zero-order chi connectivity index (χ0) is 16.1. The minimum atomic E-state index is -1.08. The molecule has 6 nitrogen and oxygen atoms in total. The molecule has 0 aromatic carbocycles. The fraction of sp³-hybridized carbons (Fsp3) is 0.312. The van der Waals surface area contributed by atoms with Gasteiger partial charge >= 0.3 is 5.97 Å². The fourth-order valence-electron chi connectivity index (χ4n) is 2.18. The first kappa shape index (κ1) is 15.8. The van der Waals surface area contributed by atoms with E-state index in [-0.39, 0.29) is 23.2 Å². The van der Waals surface area contributed by atoms with Crippen molar-refractivity contribution in [3.8, 4) is 0 Å². The van der Waals surface area contributed by atoms with Crippen LogP contribution >= 0.6 is 0 Å². The van der Waals surface area contributed by atoms with Gasteiger partial charge in [-0.25, -0.2) is 4.79 Å². The molecule has 0 aliphatic heterocycles. The third-order valence-electron chi connectivity index (χ3n) is 3.50. The molecule has 0 aliphatic carbocycles. The summed E-state index contributed by atoms with van der Waals surface area (Å²) in [5.74, 6) is -1.43. The Labute approximate surface area is 128 Å². The second kappa shape index (κ2) is 6.89. The molecule has 0 bridgehead atoms. The molecule has 2 heterocycles. The highest BCUT2D eigenvalue weighted by Crippen LogP contribution is 2.07. The summed E-state index contributed by atoms with van der Waals surface area (Å²) < 4.78 is 2.05. The Hall–Kier alpha value is -2.63. The molecule has 0 fully saturated rings. The standard InChI is InChI=1S/C16H19N3O3/c1-11(5-6-13-4-3-9-19(13)2)18-15(20)14-10-12(16(21)22)7-8-17-14/h3-4,7-11H,5-6H2,1-2H3,(H,18,20)(H,21,22). The molecule has 2 rings (SSSR count). The van der Waals surface area contributed by atoms with E-state index in [4.69, 9.17) is 5.11 Å². The first-order valence-electron chi connectivity index (χ1n) is 7.08. The number of aromatic nitrogens is 2. The first-order chi connectivity index (χ1) is 10.5. The van der Waals surface area contributed by atoms with Gasteiger partial charge in [0, 0.05) is 31.2 Å². The first-order valence-corrected chi connectivity index (χ1v) is 7.08. The summed E-state index contributed by atoms with van der Waals surface area (Å²) in [7, 11) is 1.99. The Bertz CT molecular complexity index is 679. The number of aromatic carboxylic acids is 1. The molecule has 6 heteroatoms. The lowest BCUT2D eigenvalue weighted by atomic mass is 10.1. The fourth-order valence-corrected chi connectivity index (χ4v) is 2.18. The van der Waals surface area contributed by atoms with Gasteiger partial charge < -0.3 is 15.0 Å². The Morgan fingerprint density at radius 3 is 2.82 bits per heavy atom. The van der Waals surface area contributed by atoms with Crippen molar-refractivity contribution >= 4 is 11.9 Å². The van der Waals surface area contributed by atoms with Gasteiger partial charge in [-0.3, -0.25) is 9.78 Å². The Morgan fingerprint density at radius 2 is 2.18 bits per heavy atom. The van der Waals surface area contributed by atoms with Gasteiger partial charge in [0.2, 0.25) is 0 Å². The van der Waals surface area contributed by atoms with Crippen molar-refractivity contribution in [3.05, 3.63) is 53.6 Å². The van der Waals surface area contributed by atoms with E-state index in [1.54, 1.807) is 0 Å². The molecule has 1 unspecified atom stereocenters. The van der Waals surface area contributed by atoms with Gasteiger partial charge in [0.15, 0.2) is 0 Å². The molecule has 0 saturated heterocycles. The van der Waals surface area contributed by atoms with Gasteiger partial charge in [-0.1, -0.05) is 0 Å². The Morgan fingerprint density at radius 1 is 1.41 bits per heavy atom. The largest absolute Gasteiger partial charge is 0.478 e. The second-order valence-corrected chi connectivity index (χ2v) is 5.26. The van der Waals surface area contributed by atoms with E-state index in [0.717, 1.165) is 12.8 Å². The summed E-state index contributed by atoms with van der Waals surface area (Å²) in [5.41, 5.74) is 1.37. The van der Waals surface area contributed by atoms with Crippen LogP contribution in [0.15, 0.2) is 36.7 Å². The van der Waals surface area contributed by atoms with Crippen LogP contribution in [-0.4, -0.2) is 32.6 Å². The van der Waals surface area contributed by atoms with E-state index in [1.807, 2.05) is 36.9 Å². The van der Waals surface area contributed by atoms with E-state index in [2.05, 4.69) is 10.3 Å². The van der Waals surface area contributed by atoms with Gasteiger partial charge in [0.1, 0.15) is 5.69 Å². The highest BCUT2D eigenvalue weighted by atomic mass is 16.4. The number of carboxylic acid groups (broad SMARTS) is 1. The SMILES string of the molecule is CC(CCc1cccn1C)NC(=O)c1cc(C(=O)O)ccn1. The van der Waals surface area contributed by atoms with E-state index in [1.165, 1.54) is 24.0 Å². The summed E-state index contributed by atoms with van der Waals surface area (Å²) in [6.07, 6.45) is 4.96. The molecular weight excluding hydrogens is 282 g/mol. The number of hydrogen-bond acceptors (Lipinski definition) is 3. The monoisotopic (exact) mass is 301 g/mol. The smallest absolute Gasteiger partial charge is 0.335 e. The minimum absolute atomic E-state index is 0.0299. The maximum absolute atomic E-state index is 12.1. The lowest BCUT2D eigenvalue weighted by molar-refractivity contribution is 0.0696. The molecular formula is C16H19N3O3. The van der Waals surface area contributed by atoms with Crippen molar-refractivity contribution in [1.82, 2.24) is 14.9 Å². The van der Waals surface area contributed by atoms with Gasteiger partial charge in [0.05, 0.1) is 5.56 Å². The average molecular weight is 301 g/mol. The number of pyridine rings is 1. The summed E-state index contributed by atoms with van der Waals surface area (Å²) in [4.78, 5) is 26.9. The van der Waals surface area contributed by atoms with Crippen molar-refractivity contribution in [2.24, 2.45) is 7.05 Å². The molecule has 0 radical (unpaired) electrons. The Kier molecular flexibility index (Phi) is 4.93. The van der Waals surface area contributed by atoms with Crippen LogP contribution in [0.2, 0.25) is 0 Å². The number of nitrogens with one attached hydrogen (secondary N) is 1. The van der Waals surface area contributed by atoms with Crippen LogP contribution in [0.25, 0.3) is 0 Å². The van der Waals surface area contributed by atoms with Crippen molar-refractivity contribution in [2.45, 2.75) is 25.8 Å². The van der Waals surface area contributed by atoms with Crippen LogP contribution < -0.4 is 5.32 Å². The van der Waals surface area contributed by atoms with Crippen molar-refractivity contribution in [2.75, 3.05) is 0 Å². The van der Waals surface area contributed by atoms with Gasteiger partial charge in [-0.15, -0.1) is 0 Å². The van der Waals surface area contributed by atoms with Crippen molar-refractivity contribution in [3.63, 3.8) is 0 Å². The van der Waals surface area contributed by atoms with E-state index >= 15 is 0 Å². The van der Waals surface area contributed by atoms with Gasteiger partial charge in [-0.2, -0.15) is 0 Å². The third-order valence-corrected chi connectivity index (χ3v) is 3.50. The number of carbonyl (C=O) groups excluding carboxylic acids is 1. The molecule has 1 amide bonds. The molecule has 2 N–H and O–H groups in total. The van der Waals surface area contributed by atoms with Crippen molar-refractivity contribution in [1.29, 1.82) is 0 Å². The summed E-state index contributed by atoms with van der Waals surface area (Å²) in [6.45, 7) is 1.92. The summed E-state index contributed by atoms with van der Waals surface area (Å²) >= 11 is 0. The highest BCUT2D eigenvalue weighted by Gasteiger charge is 2.13. The lowest BCUT2D eigenvalue weighted by Crippen LogP contribution is -2.33. The maximum Gasteiger partial charge on any atom is 0.335 e. The second-order valence-electron chi connectivity index (χ2n) is 5.26. The van der Waals surface area contributed by atoms with Crippen LogP contribution in [0.5, 0.6) is 0 Å². The summed E-state index contributed by atoms with van der Waals surface area (Å²) in [5, 5.41) is 11.8. The number of carboxylic acids is 1. The number of hydrogen-bond donors (Lipinski definition) is 2. The maximum atomic E-state index is 12.1. The molecule has 2 aromatic rings. The molecule has 0 saturated carbocycles. The number of amides is 1. The number of carbonyl (C=O) groups is 2. The number of rotatable bonds is 6. The molecule has 0 aliphatic rings. The summed E-state index contributed by atoms with van der Waals surface area (Å²) in [6, 6.07) is 6.64. The predicted octanol–water partition coefficient (Wildman–Crippen LogP) is 1.87. The van der Waals surface area contributed by atoms with Crippen LogP contribution in [-0.2, 0) is 13.5 Å². The molecule has 2 aromatic heterocycles. The normalized spacial score (nSPS) is 11.9. The molecule has 116 valence electrons. The Balaban J connectivity index is 1.92. The van der Waals surface area contributed by atoms with Crippen LogP contribution in [0.4, 0.5) is 0 Å². The van der Waals surface area contributed by atoms with E-state index < -0.39 is 5.97 Å². The molecule has 22 heavy (non-hydrogen) atoms. The van der Waals surface area contributed by atoms with Gasteiger partial charge in [0.25, 0.3) is 5.91 Å². The topological polar surface area (TPSA) is 84.2 Å². The zero-order valence-electron chi connectivity index (χ0n) is 12.6. The minimum Gasteiger partial charge on any atom is -0.478 e. The average Bonchev–Trinajstić information content (AvgIpc) is 2.90. The number of nitrogens with zero attached hydrogens (tertiary/aromatic N) is 2. The number of aryl methyl sites for hydroxylation is 2. The zero-order valence-corrected chi connectivity index (χ0v) is 12.6. The predicted molar refractivity (Wildman–Crippen MR) is 81.9 cm³/mol. The van der Waals surface area contributed by atoms with Crippen molar-refractivity contribution < 1.29 is 14.7 Å². The van der Waals surface area contributed by atoms with Crippen LogP contribution in [0, 0.1) is 0 Å². The highest BCUT2D eigenvalue weighted by molar-refractivity contribution is 5.95. The quantitative estimate of drug-likeness (QED) is 0.853. The van der Waals surface area contributed by atoms with E-state index in [9.17, 15) is 9.59 Å². The molecule has 1 atom stereocenters. The van der Waals surface area contributed by atoms with Gasteiger partial charge in [-0.05, 0) is 44.0 Å².